The number of methoxy groups -OCH3 is 2. The fourth-order valence-corrected chi connectivity index (χ4v) is 2.03. The molecule has 1 aromatic carbocycles. The van der Waals surface area contributed by atoms with Crippen molar-refractivity contribution in [2.24, 2.45) is 11.7 Å². The lowest BCUT2D eigenvalue weighted by atomic mass is 9.99. The predicted molar refractivity (Wildman–Crippen MR) is 90.9 cm³/mol. The van der Waals surface area contributed by atoms with Crippen LogP contribution in [0.5, 0.6) is 11.5 Å². The van der Waals surface area contributed by atoms with Crippen LogP contribution in [-0.4, -0.2) is 32.7 Å². The van der Waals surface area contributed by atoms with E-state index in [1.165, 1.54) is 0 Å². The first kappa shape index (κ1) is 20.5. The lowest BCUT2D eigenvalue weighted by Crippen LogP contribution is -2.45. The lowest BCUT2D eigenvalue weighted by molar-refractivity contribution is -0.123. The van der Waals surface area contributed by atoms with Crippen LogP contribution in [0.3, 0.4) is 0 Å². The van der Waals surface area contributed by atoms with E-state index in [0.29, 0.717) is 13.0 Å². The van der Waals surface area contributed by atoms with E-state index in [1.807, 2.05) is 32.0 Å². The normalized spacial score (nSPS) is 12.8. The minimum absolute atomic E-state index is 0. The number of benzene rings is 1. The summed E-state index contributed by atoms with van der Waals surface area (Å²) in [5.74, 6) is 1.63. The topological polar surface area (TPSA) is 73.6 Å². The molecule has 0 aliphatic rings. The molecule has 0 aromatic heterocycles. The Balaban J connectivity index is 0.00000441. The number of halogens is 1. The van der Waals surface area contributed by atoms with Gasteiger partial charge >= 0.3 is 0 Å². The van der Waals surface area contributed by atoms with Crippen molar-refractivity contribution in [2.75, 3.05) is 20.8 Å². The molecule has 126 valence electrons. The van der Waals surface area contributed by atoms with E-state index in [0.717, 1.165) is 23.5 Å². The summed E-state index contributed by atoms with van der Waals surface area (Å²) in [4.78, 5) is 11.9. The summed E-state index contributed by atoms with van der Waals surface area (Å²) in [6.07, 6.45) is 1.55. The van der Waals surface area contributed by atoms with Crippen LogP contribution >= 0.6 is 12.4 Å². The fourth-order valence-electron chi connectivity index (χ4n) is 2.03. The van der Waals surface area contributed by atoms with Gasteiger partial charge in [0.05, 0.1) is 20.3 Å². The molecule has 1 rings (SSSR count). The second-order valence-electron chi connectivity index (χ2n) is 5.13. The van der Waals surface area contributed by atoms with E-state index >= 15 is 0 Å². The van der Waals surface area contributed by atoms with E-state index in [4.69, 9.17) is 15.2 Å². The van der Waals surface area contributed by atoms with Crippen LogP contribution in [-0.2, 0) is 11.2 Å². The highest BCUT2D eigenvalue weighted by molar-refractivity contribution is 5.85. The third-order valence-corrected chi connectivity index (χ3v) is 3.74. The van der Waals surface area contributed by atoms with Crippen LogP contribution in [0, 0.1) is 5.92 Å². The first-order valence-electron chi connectivity index (χ1n) is 7.27. The van der Waals surface area contributed by atoms with Crippen molar-refractivity contribution >= 4 is 18.3 Å². The van der Waals surface area contributed by atoms with Gasteiger partial charge in [0.25, 0.3) is 0 Å². The number of nitrogens with two attached hydrogens (primary N) is 1. The highest BCUT2D eigenvalue weighted by Crippen LogP contribution is 2.24. The minimum atomic E-state index is -0.456. The second kappa shape index (κ2) is 10.3. The SMILES string of the molecule is CCC(C)C(N)C(=O)NCCc1cc(OC)ccc1OC.Cl. The van der Waals surface area contributed by atoms with Gasteiger partial charge < -0.3 is 20.5 Å². The van der Waals surface area contributed by atoms with Gasteiger partial charge in [0.1, 0.15) is 11.5 Å². The van der Waals surface area contributed by atoms with Gasteiger partial charge in [-0.2, -0.15) is 0 Å². The monoisotopic (exact) mass is 330 g/mol. The molecule has 0 bridgehead atoms. The largest absolute Gasteiger partial charge is 0.497 e. The average Bonchev–Trinajstić information content (AvgIpc) is 2.52. The van der Waals surface area contributed by atoms with Gasteiger partial charge in [0, 0.05) is 6.54 Å². The molecule has 0 radical (unpaired) electrons. The van der Waals surface area contributed by atoms with Crippen LogP contribution in [0.2, 0.25) is 0 Å². The van der Waals surface area contributed by atoms with Crippen LogP contribution in [0.1, 0.15) is 25.8 Å². The van der Waals surface area contributed by atoms with Crippen molar-refractivity contribution in [2.45, 2.75) is 32.7 Å². The molecule has 3 N–H and O–H groups in total. The Hall–Kier alpha value is -1.46. The maximum atomic E-state index is 11.9. The molecule has 0 saturated heterocycles. The molecule has 2 atom stereocenters. The number of amides is 1. The standard InChI is InChI=1S/C16H26N2O3.ClH/c1-5-11(2)15(17)16(19)18-9-8-12-10-13(20-3)6-7-14(12)21-4;/h6-7,10-11,15H,5,8-9,17H2,1-4H3,(H,18,19);1H. The number of ether oxygens (including phenoxy) is 2. The van der Waals surface area contributed by atoms with Gasteiger partial charge in [-0.15, -0.1) is 12.4 Å². The van der Waals surface area contributed by atoms with Crippen LogP contribution in [0.25, 0.3) is 0 Å². The molecule has 1 aromatic rings. The molecular formula is C16H27ClN2O3. The zero-order valence-corrected chi connectivity index (χ0v) is 14.5. The Labute approximate surface area is 139 Å². The van der Waals surface area contributed by atoms with Gasteiger partial charge in [-0.3, -0.25) is 4.79 Å². The number of carbonyl (C=O) groups excluding carboxylic acids is 1. The maximum Gasteiger partial charge on any atom is 0.237 e. The zero-order valence-electron chi connectivity index (χ0n) is 13.7. The molecular weight excluding hydrogens is 304 g/mol. The molecule has 0 spiro atoms. The average molecular weight is 331 g/mol. The lowest BCUT2D eigenvalue weighted by Gasteiger charge is -2.18. The van der Waals surface area contributed by atoms with Gasteiger partial charge in [-0.05, 0) is 36.1 Å². The molecule has 1 amide bonds. The quantitative estimate of drug-likeness (QED) is 0.766. The Morgan fingerprint density at radius 1 is 1.32 bits per heavy atom. The van der Waals surface area contributed by atoms with Gasteiger partial charge in [-0.25, -0.2) is 0 Å². The summed E-state index contributed by atoms with van der Waals surface area (Å²) >= 11 is 0. The number of hydrogen-bond donors (Lipinski definition) is 2. The van der Waals surface area contributed by atoms with Crippen LogP contribution < -0.4 is 20.5 Å². The van der Waals surface area contributed by atoms with Gasteiger partial charge in [0.15, 0.2) is 0 Å². The third kappa shape index (κ3) is 5.73. The van der Waals surface area contributed by atoms with Gasteiger partial charge in [-0.1, -0.05) is 20.3 Å². The number of nitrogens with one attached hydrogen (secondary N) is 1. The van der Waals surface area contributed by atoms with Crippen molar-refractivity contribution in [1.29, 1.82) is 0 Å². The summed E-state index contributed by atoms with van der Waals surface area (Å²) in [5, 5.41) is 2.87. The summed E-state index contributed by atoms with van der Waals surface area (Å²) in [6, 6.07) is 5.17. The van der Waals surface area contributed by atoms with E-state index in [9.17, 15) is 4.79 Å². The summed E-state index contributed by atoms with van der Waals surface area (Å²) < 4.78 is 10.5. The minimum Gasteiger partial charge on any atom is -0.497 e. The first-order valence-corrected chi connectivity index (χ1v) is 7.27. The van der Waals surface area contributed by atoms with E-state index in [-0.39, 0.29) is 24.2 Å². The van der Waals surface area contributed by atoms with Crippen LogP contribution in [0.15, 0.2) is 18.2 Å². The number of rotatable bonds is 8. The molecule has 6 heteroatoms. The second-order valence-corrected chi connectivity index (χ2v) is 5.13. The summed E-state index contributed by atoms with van der Waals surface area (Å²) in [7, 11) is 3.25. The maximum absolute atomic E-state index is 11.9. The highest BCUT2D eigenvalue weighted by Gasteiger charge is 2.18. The molecule has 0 fully saturated rings. The molecule has 22 heavy (non-hydrogen) atoms. The molecule has 0 aliphatic carbocycles. The highest BCUT2D eigenvalue weighted by atomic mass is 35.5. The molecule has 2 unspecified atom stereocenters. The summed E-state index contributed by atoms with van der Waals surface area (Å²) in [5.41, 5.74) is 6.89. The Bertz CT molecular complexity index is 469. The fraction of sp³-hybridized carbons (Fsp3) is 0.562. The zero-order chi connectivity index (χ0) is 15.8. The molecule has 5 nitrogen and oxygen atoms in total. The Kier molecular flexibility index (Phi) is 9.61. The van der Waals surface area contributed by atoms with Crippen molar-refractivity contribution in [3.63, 3.8) is 0 Å². The number of carbonyl (C=O) groups is 1. The van der Waals surface area contributed by atoms with Gasteiger partial charge in [0.2, 0.25) is 5.91 Å². The summed E-state index contributed by atoms with van der Waals surface area (Å²) in [6.45, 7) is 4.53. The van der Waals surface area contributed by atoms with Crippen molar-refractivity contribution in [3.05, 3.63) is 23.8 Å². The Morgan fingerprint density at radius 3 is 2.55 bits per heavy atom. The van der Waals surface area contributed by atoms with E-state index < -0.39 is 6.04 Å². The van der Waals surface area contributed by atoms with Crippen LogP contribution in [0.4, 0.5) is 0 Å². The molecule has 0 aliphatic heterocycles. The van der Waals surface area contributed by atoms with Crippen molar-refractivity contribution in [1.82, 2.24) is 5.32 Å². The van der Waals surface area contributed by atoms with E-state index in [1.54, 1.807) is 14.2 Å². The smallest absolute Gasteiger partial charge is 0.237 e. The number of hydrogen-bond acceptors (Lipinski definition) is 4. The van der Waals surface area contributed by atoms with Crippen molar-refractivity contribution < 1.29 is 14.3 Å². The van der Waals surface area contributed by atoms with E-state index in [2.05, 4.69) is 5.32 Å². The Morgan fingerprint density at radius 2 is 2.00 bits per heavy atom. The molecule has 0 saturated carbocycles. The molecule has 0 heterocycles. The third-order valence-electron chi connectivity index (χ3n) is 3.74. The van der Waals surface area contributed by atoms with Crippen molar-refractivity contribution in [3.8, 4) is 11.5 Å². The predicted octanol–water partition coefficient (Wildman–Crippen LogP) is 2.16. The first-order chi connectivity index (χ1) is 10.0.